The Bertz CT molecular complexity index is 620. The average Bonchev–Trinajstić information content (AvgIpc) is 2.88. The van der Waals surface area contributed by atoms with Gasteiger partial charge in [0, 0.05) is 11.8 Å². The lowest BCUT2D eigenvalue weighted by molar-refractivity contribution is -0.118. The molecule has 21 heavy (non-hydrogen) atoms. The van der Waals surface area contributed by atoms with Crippen LogP contribution in [-0.2, 0) is 11.2 Å². The molecule has 5 nitrogen and oxygen atoms in total. The van der Waals surface area contributed by atoms with E-state index in [4.69, 9.17) is 4.74 Å². The van der Waals surface area contributed by atoms with E-state index in [2.05, 4.69) is 22.4 Å². The molecule has 1 heterocycles. The molecule has 112 valence electrons. The highest BCUT2D eigenvalue weighted by Gasteiger charge is 2.08. The highest BCUT2D eigenvalue weighted by molar-refractivity contribution is 5.91. The lowest BCUT2D eigenvalue weighted by atomic mass is 10.1. The topological polar surface area (TPSA) is 67.0 Å². The van der Waals surface area contributed by atoms with Crippen LogP contribution in [0.1, 0.15) is 30.2 Å². The van der Waals surface area contributed by atoms with Crippen molar-refractivity contribution in [3.8, 4) is 5.75 Å². The zero-order chi connectivity index (χ0) is 15.2. The summed E-state index contributed by atoms with van der Waals surface area (Å²) in [5.74, 6) is 1.05. The molecule has 0 unspecified atom stereocenters. The molecule has 1 aromatic carbocycles. The van der Waals surface area contributed by atoms with Crippen LogP contribution >= 0.6 is 0 Å². The van der Waals surface area contributed by atoms with Gasteiger partial charge in [0.25, 0.3) is 5.91 Å². The van der Waals surface area contributed by atoms with E-state index in [0.29, 0.717) is 5.82 Å². The van der Waals surface area contributed by atoms with Gasteiger partial charge in [-0.2, -0.15) is 5.10 Å². The standard InChI is InChI=1S/C16H21N3O2/c1-4-6-13-9-15(19-18-13)17-16(20)10-21-14-8-5-7-11(2)12(14)3/h5,7-9H,4,6,10H2,1-3H3,(H2,17,18,19,20). The summed E-state index contributed by atoms with van der Waals surface area (Å²) in [5, 5.41) is 9.66. The van der Waals surface area contributed by atoms with E-state index in [9.17, 15) is 4.79 Å². The number of nitrogens with one attached hydrogen (secondary N) is 2. The molecule has 0 aliphatic carbocycles. The number of anilines is 1. The number of hydrogen-bond donors (Lipinski definition) is 2. The van der Waals surface area contributed by atoms with E-state index in [0.717, 1.165) is 35.4 Å². The minimum absolute atomic E-state index is 0.0275. The molecule has 0 aliphatic rings. The van der Waals surface area contributed by atoms with E-state index in [1.54, 1.807) is 0 Å². The minimum Gasteiger partial charge on any atom is -0.483 e. The van der Waals surface area contributed by atoms with Crippen molar-refractivity contribution >= 4 is 11.7 Å². The molecule has 0 radical (unpaired) electrons. The van der Waals surface area contributed by atoms with Crippen molar-refractivity contribution in [3.63, 3.8) is 0 Å². The number of nitrogens with zero attached hydrogens (tertiary/aromatic N) is 1. The molecule has 0 bridgehead atoms. The summed E-state index contributed by atoms with van der Waals surface area (Å²) in [5.41, 5.74) is 3.21. The van der Waals surface area contributed by atoms with Crippen molar-refractivity contribution in [2.24, 2.45) is 0 Å². The van der Waals surface area contributed by atoms with Gasteiger partial charge in [0.1, 0.15) is 5.75 Å². The van der Waals surface area contributed by atoms with Crippen LogP contribution in [-0.4, -0.2) is 22.7 Å². The maximum absolute atomic E-state index is 11.9. The number of ether oxygens (including phenoxy) is 1. The Morgan fingerprint density at radius 2 is 2.19 bits per heavy atom. The lowest BCUT2D eigenvalue weighted by Crippen LogP contribution is -2.20. The molecule has 1 aromatic heterocycles. The van der Waals surface area contributed by atoms with Gasteiger partial charge in [-0.3, -0.25) is 9.89 Å². The van der Waals surface area contributed by atoms with Crippen LogP contribution < -0.4 is 10.1 Å². The summed E-state index contributed by atoms with van der Waals surface area (Å²) >= 11 is 0. The SMILES string of the molecule is CCCc1cc(NC(=O)COc2cccc(C)c2C)n[nH]1. The van der Waals surface area contributed by atoms with Crippen molar-refractivity contribution in [2.45, 2.75) is 33.6 Å². The van der Waals surface area contributed by atoms with Gasteiger partial charge < -0.3 is 10.1 Å². The van der Waals surface area contributed by atoms with E-state index >= 15 is 0 Å². The Morgan fingerprint density at radius 3 is 2.95 bits per heavy atom. The molecule has 0 saturated carbocycles. The number of H-pyrrole nitrogens is 1. The lowest BCUT2D eigenvalue weighted by Gasteiger charge is -2.10. The molecular formula is C16H21N3O2. The molecule has 2 rings (SSSR count). The molecule has 2 N–H and O–H groups in total. The predicted molar refractivity (Wildman–Crippen MR) is 82.6 cm³/mol. The van der Waals surface area contributed by atoms with Crippen LogP contribution in [0.5, 0.6) is 5.75 Å². The maximum Gasteiger partial charge on any atom is 0.263 e. The summed E-state index contributed by atoms with van der Waals surface area (Å²) in [4.78, 5) is 11.9. The summed E-state index contributed by atoms with van der Waals surface area (Å²) < 4.78 is 5.56. The van der Waals surface area contributed by atoms with Crippen LogP contribution in [0.3, 0.4) is 0 Å². The van der Waals surface area contributed by atoms with Gasteiger partial charge in [0.15, 0.2) is 12.4 Å². The molecule has 0 spiro atoms. The van der Waals surface area contributed by atoms with Gasteiger partial charge in [-0.1, -0.05) is 25.5 Å². The fourth-order valence-electron chi connectivity index (χ4n) is 2.03. The second kappa shape index (κ2) is 6.92. The molecule has 5 heteroatoms. The monoisotopic (exact) mass is 287 g/mol. The molecule has 0 fully saturated rings. The maximum atomic E-state index is 11.9. The second-order valence-corrected chi connectivity index (χ2v) is 5.06. The third kappa shape index (κ3) is 4.08. The van der Waals surface area contributed by atoms with E-state index < -0.39 is 0 Å². The van der Waals surface area contributed by atoms with Crippen molar-refractivity contribution in [3.05, 3.63) is 41.1 Å². The fraction of sp³-hybridized carbons (Fsp3) is 0.375. The quantitative estimate of drug-likeness (QED) is 0.858. The van der Waals surface area contributed by atoms with Gasteiger partial charge in [-0.25, -0.2) is 0 Å². The van der Waals surface area contributed by atoms with E-state index in [1.807, 2.05) is 38.1 Å². The normalized spacial score (nSPS) is 10.4. The number of aromatic amines is 1. The molecular weight excluding hydrogens is 266 g/mol. The predicted octanol–water partition coefficient (Wildman–Crippen LogP) is 3.00. The number of benzene rings is 1. The van der Waals surface area contributed by atoms with Crippen LogP contribution in [0.15, 0.2) is 24.3 Å². The number of aryl methyl sites for hydroxylation is 2. The largest absolute Gasteiger partial charge is 0.483 e. The van der Waals surface area contributed by atoms with Gasteiger partial charge >= 0.3 is 0 Å². The number of rotatable bonds is 6. The van der Waals surface area contributed by atoms with Crippen molar-refractivity contribution < 1.29 is 9.53 Å². The first-order chi connectivity index (χ1) is 10.1. The average molecular weight is 287 g/mol. The third-order valence-electron chi connectivity index (χ3n) is 3.33. The Labute approximate surface area is 124 Å². The molecule has 0 saturated heterocycles. The summed E-state index contributed by atoms with van der Waals surface area (Å²) in [6.45, 7) is 6.06. The Morgan fingerprint density at radius 1 is 1.38 bits per heavy atom. The zero-order valence-electron chi connectivity index (χ0n) is 12.7. The van der Waals surface area contributed by atoms with Crippen LogP contribution in [0.4, 0.5) is 5.82 Å². The Kier molecular flexibility index (Phi) is 4.98. The van der Waals surface area contributed by atoms with Crippen LogP contribution in [0.25, 0.3) is 0 Å². The highest BCUT2D eigenvalue weighted by Crippen LogP contribution is 2.20. The first kappa shape index (κ1) is 15.1. The summed E-state index contributed by atoms with van der Waals surface area (Å²) in [6, 6.07) is 7.64. The fourth-order valence-corrected chi connectivity index (χ4v) is 2.03. The van der Waals surface area contributed by atoms with Gasteiger partial charge in [-0.15, -0.1) is 0 Å². The Balaban J connectivity index is 1.88. The van der Waals surface area contributed by atoms with Gasteiger partial charge in [0.2, 0.25) is 0 Å². The highest BCUT2D eigenvalue weighted by atomic mass is 16.5. The number of amides is 1. The number of carbonyl (C=O) groups is 1. The van der Waals surface area contributed by atoms with Gasteiger partial charge in [0.05, 0.1) is 0 Å². The van der Waals surface area contributed by atoms with Crippen molar-refractivity contribution in [1.29, 1.82) is 0 Å². The van der Waals surface area contributed by atoms with Crippen molar-refractivity contribution in [1.82, 2.24) is 10.2 Å². The van der Waals surface area contributed by atoms with Crippen LogP contribution in [0.2, 0.25) is 0 Å². The number of aromatic nitrogens is 2. The van der Waals surface area contributed by atoms with Gasteiger partial charge in [-0.05, 0) is 37.5 Å². The molecule has 0 atom stereocenters. The van der Waals surface area contributed by atoms with Crippen molar-refractivity contribution in [2.75, 3.05) is 11.9 Å². The molecule has 0 aliphatic heterocycles. The summed E-state index contributed by atoms with van der Waals surface area (Å²) in [7, 11) is 0. The molecule has 2 aromatic rings. The summed E-state index contributed by atoms with van der Waals surface area (Å²) in [6.07, 6.45) is 1.95. The van der Waals surface area contributed by atoms with E-state index in [-0.39, 0.29) is 12.5 Å². The first-order valence-corrected chi connectivity index (χ1v) is 7.13. The number of hydrogen-bond acceptors (Lipinski definition) is 3. The number of carbonyl (C=O) groups excluding carboxylic acids is 1. The Hall–Kier alpha value is -2.30. The second-order valence-electron chi connectivity index (χ2n) is 5.06. The van der Waals surface area contributed by atoms with E-state index in [1.165, 1.54) is 0 Å². The first-order valence-electron chi connectivity index (χ1n) is 7.13. The van der Waals surface area contributed by atoms with Crippen LogP contribution in [0, 0.1) is 13.8 Å². The smallest absolute Gasteiger partial charge is 0.263 e. The molecule has 1 amide bonds. The minimum atomic E-state index is -0.217. The third-order valence-corrected chi connectivity index (χ3v) is 3.33. The zero-order valence-corrected chi connectivity index (χ0v) is 12.7.